The van der Waals surface area contributed by atoms with E-state index in [1.54, 1.807) is 7.11 Å². The Kier molecular flexibility index (Phi) is 5.67. The molecule has 3 aliphatic rings. The van der Waals surface area contributed by atoms with Gasteiger partial charge in [-0.1, -0.05) is 18.2 Å². The Balaban J connectivity index is 1.33. The number of ether oxygens (including phenoxy) is 3. The molecule has 3 atom stereocenters. The first kappa shape index (κ1) is 22.0. The summed E-state index contributed by atoms with van der Waals surface area (Å²) in [5.74, 6) is 1.65. The average Bonchev–Trinajstić information content (AvgIpc) is 3.08. The molecule has 174 valence electrons. The summed E-state index contributed by atoms with van der Waals surface area (Å²) in [5.41, 5.74) is 4.13. The number of hydrogen-bond acceptors (Lipinski definition) is 6. The van der Waals surface area contributed by atoms with E-state index in [0.29, 0.717) is 12.0 Å². The van der Waals surface area contributed by atoms with Gasteiger partial charge in [0, 0.05) is 43.9 Å². The number of carbonyl (C=O) groups is 1. The number of hydrogen-bond donors (Lipinski definition) is 0. The van der Waals surface area contributed by atoms with Crippen LogP contribution < -0.4 is 14.4 Å². The molecule has 0 bridgehead atoms. The normalized spacial score (nSPS) is 25.6. The molecule has 0 fully saturated rings. The van der Waals surface area contributed by atoms with Gasteiger partial charge in [0.25, 0.3) is 0 Å². The molecule has 3 unspecified atom stereocenters. The van der Waals surface area contributed by atoms with Crippen LogP contribution in [-0.2, 0) is 16.7 Å². The molecule has 0 radical (unpaired) electrons. The molecule has 0 saturated carbocycles. The third-order valence-corrected chi connectivity index (χ3v) is 7.26. The third-order valence-electron chi connectivity index (χ3n) is 7.26. The van der Waals surface area contributed by atoms with Crippen molar-refractivity contribution in [3.05, 3.63) is 65.2 Å². The highest BCUT2D eigenvalue weighted by molar-refractivity contribution is 5.97. The Bertz CT molecular complexity index is 1080. The second-order valence-electron chi connectivity index (χ2n) is 9.57. The van der Waals surface area contributed by atoms with Gasteiger partial charge in [0.1, 0.15) is 12.7 Å². The van der Waals surface area contributed by atoms with Gasteiger partial charge in [0.15, 0.2) is 17.3 Å². The lowest BCUT2D eigenvalue weighted by atomic mass is 9.69. The zero-order valence-electron chi connectivity index (χ0n) is 19.8. The zero-order valence-corrected chi connectivity index (χ0v) is 19.8. The van der Waals surface area contributed by atoms with Crippen molar-refractivity contribution in [3.8, 4) is 11.5 Å². The maximum Gasteiger partial charge on any atom is 0.188 e. The summed E-state index contributed by atoms with van der Waals surface area (Å²) < 4.78 is 18.2. The van der Waals surface area contributed by atoms with Gasteiger partial charge in [0.05, 0.1) is 18.6 Å². The van der Waals surface area contributed by atoms with Crippen molar-refractivity contribution in [1.29, 1.82) is 0 Å². The van der Waals surface area contributed by atoms with Crippen molar-refractivity contribution in [2.75, 3.05) is 46.3 Å². The van der Waals surface area contributed by atoms with E-state index in [1.807, 2.05) is 49.3 Å². The largest absolute Gasteiger partial charge is 0.493 e. The smallest absolute Gasteiger partial charge is 0.188 e. The van der Waals surface area contributed by atoms with Gasteiger partial charge >= 0.3 is 0 Å². The number of anilines is 1. The summed E-state index contributed by atoms with van der Waals surface area (Å²) in [6.07, 6.45) is 5.92. The van der Waals surface area contributed by atoms with Crippen LogP contribution in [0.25, 0.3) is 0 Å². The number of carbonyl (C=O) groups excluding carboxylic acids is 1. The van der Waals surface area contributed by atoms with E-state index in [9.17, 15) is 4.79 Å². The molecule has 0 amide bonds. The molecule has 2 heterocycles. The lowest BCUT2D eigenvalue weighted by molar-refractivity contribution is 0.0277. The fourth-order valence-corrected chi connectivity index (χ4v) is 5.40. The quantitative estimate of drug-likeness (QED) is 0.495. The minimum atomic E-state index is -0.171. The van der Waals surface area contributed by atoms with Crippen molar-refractivity contribution >= 4 is 11.5 Å². The highest BCUT2D eigenvalue weighted by Gasteiger charge is 2.52. The predicted molar refractivity (Wildman–Crippen MR) is 129 cm³/mol. The Morgan fingerprint density at radius 2 is 2.00 bits per heavy atom. The Morgan fingerprint density at radius 3 is 2.73 bits per heavy atom. The summed E-state index contributed by atoms with van der Waals surface area (Å²) >= 11 is 0. The molecule has 1 spiro atoms. The molecule has 2 aliphatic heterocycles. The van der Waals surface area contributed by atoms with Crippen LogP contribution >= 0.6 is 0 Å². The lowest BCUT2D eigenvalue weighted by Gasteiger charge is -2.37. The van der Waals surface area contributed by atoms with Crippen LogP contribution in [0.1, 0.15) is 34.3 Å². The topological polar surface area (TPSA) is 51.2 Å². The molecule has 5 rings (SSSR count). The second-order valence-corrected chi connectivity index (χ2v) is 9.57. The zero-order chi connectivity index (χ0) is 23.2. The molecule has 2 aromatic rings. The number of methoxy groups -OCH3 is 1. The molecule has 0 aromatic heterocycles. The van der Waals surface area contributed by atoms with Crippen molar-refractivity contribution in [2.24, 2.45) is 0 Å². The highest BCUT2D eigenvalue weighted by atomic mass is 16.5. The van der Waals surface area contributed by atoms with Crippen LogP contribution in [0, 0.1) is 0 Å². The fraction of sp³-hybridized carbons (Fsp3) is 0.444. The van der Waals surface area contributed by atoms with Crippen LogP contribution in [-0.4, -0.2) is 64.3 Å². The Labute approximate surface area is 195 Å². The van der Waals surface area contributed by atoms with Gasteiger partial charge in [-0.2, -0.15) is 0 Å². The summed E-state index contributed by atoms with van der Waals surface area (Å²) in [4.78, 5) is 17.1. The van der Waals surface area contributed by atoms with E-state index < -0.39 is 0 Å². The van der Waals surface area contributed by atoms with Crippen molar-refractivity contribution in [2.45, 2.75) is 37.0 Å². The van der Waals surface area contributed by atoms with Crippen molar-refractivity contribution in [3.63, 3.8) is 0 Å². The molecule has 6 nitrogen and oxygen atoms in total. The van der Waals surface area contributed by atoms with Gasteiger partial charge in [-0.25, -0.2) is 0 Å². The first-order valence-electron chi connectivity index (χ1n) is 11.6. The van der Waals surface area contributed by atoms with Crippen LogP contribution in [0.2, 0.25) is 0 Å². The van der Waals surface area contributed by atoms with E-state index in [4.69, 9.17) is 14.2 Å². The number of ketones is 1. The van der Waals surface area contributed by atoms with E-state index >= 15 is 0 Å². The minimum absolute atomic E-state index is 0.00957. The predicted octanol–water partition coefficient (Wildman–Crippen LogP) is 3.82. The first-order valence-corrected chi connectivity index (χ1v) is 11.6. The summed E-state index contributed by atoms with van der Waals surface area (Å²) in [6, 6.07) is 11.8. The fourth-order valence-electron chi connectivity index (χ4n) is 5.40. The number of nitrogens with zero attached hydrogens (tertiary/aromatic N) is 2. The van der Waals surface area contributed by atoms with E-state index in [1.165, 1.54) is 11.1 Å². The van der Waals surface area contributed by atoms with Crippen molar-refractivity contribution < 1.29 is 19.0 Å². The number of rotatable bonds is 6. The summed E-state index contributed by atoms with van der Waals surface area (Å²) in [6.45, 7) is 1.95. The van der Waals surface area contributed by atoms with Gasteiger partial charge in [-0.05, 0) is 55.9 Å². The SMILES string of the molecule is COc1ccc2c3c1OC1CC(OCC(=O)c4ccc(N(C)C)cc4)C=CC31CCN(C)C2. The molecule has 0 saturated heterocycles. The van der Waals surface area contributed by atoms with E-state index in [2.05, 4.69) is 30.2 Å². The third kappa shape index (κ3) is 3.81. The number of benzene rings is 2. The molecular weight excluding hydrogens is 416 g/mol. The van der Waals surface area contributed by atoms with Gasteiger partial charge in [0.2, 0.25) is 0 Å². The van der Waals surface area contributed by atoms with Crippen LogP contribution in [0.3, 0.4) is 0 Å². The van der Waals surface area contributed by atoms with Crippen LogP contribution in [0.4, 0.5) is 5.69 Å². The van der Waals surface area contributed by atoms with Gasteiger partial charge < -0.3 is 24.0 Å². The molecule has 2 aromatic carbocycles. The standard InChI is InChI=1S/C27H32N2O4/c1-28(2)20-8-5-18(6-9-20)22(30)17-32-21-11-12-27-13-14-29(3)16-19-7-10-23(31-4)26(25(19)27)33-24(27)15-21/h5-12,21,24H,13-17H2,1-4H3. The molecule has 6 heteroatoms. The van der Waals surface area contributed by atoms with E-state index in [-0.39, 0.29) is 30.0 Å². The van der Waals surface area contributed by atoms with Gasteiger partial charge in [-0.3, -0.25) is 4.79 Å². The molecule has 0 N–H and O–H groups in total. The summed E-state index contributed by atoms with van der Waals surface area (Å²) in [5, 5.41) is 0. The van der Waals surface area contributed by atoms with Gasteiger partial charge in [-0.15, -0.1) is 0 Å². The van der Waals surface area contributed by atoms with Crippen LogP contribution in [0.15, 0.2) is 48.6 Å². The minimum Gasteiger partial charge on any atom is -0.493 e. The second kappa shape index (κ2) is 8.50. The number of Topliss-reactive ketones (excluding diaryl/α,β-unsaturated/α-hetero) is 1. The average molecular weight is 449 g/mol. The maximum absolute atomic E-state index is 12.7. The highest BCUT2D eigenvalue weighted by Crippen LogP contribution is 2.55. The molecular formula is C27H32N2O4. The lowest BCUT2D eigenvalue weighted by Crippen LogP contribution is -2.43. The Hall–Kier alpha value is -2.83. The monoisotopic (exact) mass is 448 g/mol. The Morgan fingerprint density at radius 1 is 1.21 bits per heavy atom. The molecule has 1 aliphatic carbocycles. The summed E-state index contributed by atoms with van der Waals surface area (Å²) in [7, 11) is 7.82. The maximum atomic E-state index is 12.7. The molecule has 33 heavy (non-hydrogen) atoms. The van der Waals surface area contributed by atoms with Crippen LogP contribution in [0.5, 0.6) is 11.5 Å². The first-order chi connectivity index (χ1) is 15.9. The van der Waals surface area contributed by atoms with Crippen molar-refractivity contribution in [1.82, 2.24) is 4.90 Å². The van der Waals surface area contributed by atoms with E-state index in [0.717, 1.165) is 36.7 Å².